The molecule has 0 radical (unpaired) electrons. The average Bonchev–Trinajstić information content (AvgIpc) is 2.56. The summed E-state index contributed by atoms with van der Waals surface area (Å²) < 4.78 is 1.37. The van der Waals surface area contributed by atoms with Crippen molar-refractivity contribution in [2.75, 3.05) is 19.0 Å². The summed E-state index contributed by atoms with van der Waals surface area (Å²) in [6, 6.07) is 18.5. The van der Waals surface area contributed by atoms with E-state index in [9.17, 15) is 9.90 Å². The zero-order chi connectivity index (χ0) is 16.4. The molecule has 0 atom stereocenters. The Labute approximate surface area is 138 Å². The fourth-order valence-corrected chi connectivity index (χ4v) is 3.34. The lowest BCUT2D eigenvalue weighted by molar-refractivity contribution is -0.636. The summed E-state index contributed by atoms with van der Waals surface area (Å²) in [5, 5.41) is 13.7. The van der Waals surface area contributed by atoms with E-state index in [4.69, 9.17) is 0 Å². The van der Waals surface area contributed by atoms with E-state index in [0.29, 0.717) is 10.7 Å². The van der Waals surface area contributed by atoms with Crippen LogP contribution in [0, 0.1) is 0 Å². The van der Waals surface area contributed by atoms with Crippen molar-refractivity contribution in [1.82, 2.24) is 0 Å². The molecule has 0 fully saturated rings. The van der Waals surface area contributed by atoms with Gasteiger partial charge in [0.15, 0.2) is 0 Å². The number of rotatable bonds is 3. The highest BCUT2D eigenvalue weighted by Gasteiger charge is 2.22. The van der Waals surface area contributed by atoms with Crippen LogP contribution in [0.25, 0.3) is 16.8 Å². The Morgan fingerprint density at radius 1 is 0.957 bits per heavy atom. The number of para-hydroxylation sites is 1. The van der Waals surface area contributed by atoms with Crippen LogP contribution < -0.4 is 19.3 Å². The van der Waals surface area contributed by atoms with Crippen LogP contribution in [0.2, 0.25) is 0 Å². The molecule has 0 amide bonds. The highest BCUT2D eigenvalue weighted by molar-refractivity contribution is 7.13. The van der Waals surface area contributed by atoms with Gasteiger partial charge in [-0.2, -0.15) is 4.57 Å². The van der Waals surface area contributed by atoms with E-state index in [0.717, 1.165) is 17.0 Å². The Morgan fingerprint density at radius 2 is 1.52 bits per heavy atom. The zero-order valence-electron chi connectivity index (χ0n) is 12.9. The van der Waals surface area contributed by atoms with Gasteiger partial charge in [-0.1, -0.05) is 48.5 Å². The second-order valence-electron chi connectivity index (χ2n) is 5.28. The third-order valence-electron chi connectivity index (χ3n) is 3.46. The molecule has 0 saturated heterocycles. The van der Waals surface area contributed by atoms with Gasteiger partial charge in [0.1, 0.15) is 5.69 Å². The third kappa shape index (κ3) is 2.83. The normalized spacial score (nSPS) is 10.5. The predicted octanol–water partition coefficient (Wildman–Crippen LogP) is 2.19. The molecule has 0 bridgehead atoms. The van der Waals surface area contributed by atoms with Crippen molar-refractivity contribution < 1.29 is 9.67 Å². The van der Waals surface area contributed by atoms with Crippen molar-refractivity contribution in [3.05, 3.63) is 70.2 Å². The Morgan fingerprint density at radius 3 is 2.09 bits per heavy atom. The van der Waals surface area contributed by atoms with Crippen LogP contribution in [0.1, 0.15) is 0 Å². The molecule has 0 aliphatic heterocycles. The van der Waals surface area contributed by atoms with Gasteiger partial charge in [0.05, 0.1) is 25.5 Å². The Hall–Kier alpha value is -2.66. The molecule has 116 valence electrons. The van der Waals surface area contributed by atoms with Crippen LogP contribution in [0.5, 0.6) is 5.88 Å². The minimum absolute atomic E-state index is 0.213. The van der Waals surface area contributed by atoms with Crippen LogP contribution in [-0.2, 0) is 0 Å². The van der Waals surface area contributed by atoms with Crippen molar-refractivity contribution in [2.45, 2.75) is 0 Å². The van der Waals surface area contributed by atoms with E-state index in [-0.39, 0.29) is 16.2 Å². The molecular weight excluding hydrogens is 308 g/mol. The smallest absolute Gasteiger partial charge is 0.343 e. The van der Waals surface area contributed by atoms with Gasteiger partial charge in [-0.25, -0.2) is 0 Å². The van der Waals surface area contributed by atoms with Crippen LogP contribution in [0.4, 0.5) is 5.13 Å². The molecular formula is C18H16N2O2S. The number of hydrogen-bond acceptors (Lipinski definition) is 4. The molecule has 1 aromatic heterocycles. The van der Waals surface area contributed by atoms with Gasteiger partial charge < -0.3 is 5.11 Å². The Bertz CT molecular complexity index is 875. The molecule has 0 aliphatic carbocycles. The largest absolute Gasteiger partial charge is 0.841 e. The molecule has 5 heteroatoms. The maximum Gasteiger partial charge on any atom is 0.343 e. The highest BCUT2D eigenvalue weighted by atomic mass is 32.1. The minimum Gasteiger partial charge on any atom is -0.841 e. The van der Waals surface area contributed by atoms with E-state index >= 15 is 0 Å². The molecule has 0 saturated carbocycles. The summed E-state index contributed by atoms with van der Waals surface area (Å²) in [6.07, 6.45) is 0. The first kappa shape index (κ1) is 15.2. The standard InChI is InChI=1S/C18H16N2O2S/c1-19(2)18-20(14-11-7-4-8-12-14)16(21)15(17(22)23-18)13-9-5-3-6-10-13/h3-12H,1-2H3. The van der Waals surface area contributed by atoms with E-state index in [1.165, 1.54) is 0 Å². The van der Waals surface area contributed by atoms with E-state index in [1.807, 2.05) is 62.6 Å². The van der Waals surface area contributed by atoms with Crippen molar-refractivity contribution in [3.8, 4) is 22.7 Å². The number of benzene rings is 2. The summed E-state index contributed by atoms with van der Waals surface area (Å²) in [5.41, 5.74) is 1.61. The SMILES string of the molecule is CN(C)c1sc(=O)c(-c2ccccc2)c([O-])[n+]1-c1ccccc1. The fraction of sp³-hybridized carbons (Fsp3) is 0.111. The summed E-state index contributed by atoms with van der Waals surface area (Å²) in [6.45, 7) is 0. The summed E-state index contributed by atoms with van der Waals surface area (Å²) in [5.74, 6) is -0.296. The maximum absolute atomic E-state index is 13.1. The Balaban J connectivity index is 2.36. The molecule has 0 spiro atoms. The predicted molar refractivity (Wildman–Crippen MR) is 91.3 cm³/mol. The first-order chi connectivity index (χ1) is 11.1. The first-order valence-corrected chi connectivity index (χ1v) is 7.99. The lowest BCUT2D eigenvalue weighted by Crippen LogP contribution is -2.41. The quantitative estimate of drug-likeness (QED) is 0.694. The molecule has 2 aromatic carbocycles. The fourth-order valence-electron chi connectivity index (χ4n) is 2.41. The molecule has 23 heavy (non-hydrogen) atoms. The number of nitrogens with zero attached hydrogens (tertiary/aromatic N) is 2. The first-order valence-electron chi connectivity index (χ1n) is 7.18. The highest BCUT2D eigenvalue weighted by Crippen LogP contribution is 2.26. The van der Waals surface area contributed by atoms with Gasteiger partial charge in [0.25, 0.3) is 0 Å². The zero-order valence-corrected chi connectivity index (χ0v) is 13.7. The lowest BCUT2D eigenvalue weighted by Gasteiger charge is -2.19. The average molecular weight is 324 g/mol. The van der Waals surface area contributed by atoms with E-state index in [2.05, 4.69) is 0 Å². The summed E-state index contributed by atoms with van der Waals surface area (Å²) >= 11 is 1.08. The van der Waals surface area contributed by atoms with Crippen LogP contribution in [0.3, 0.4) is 0 Å². The monoisotopic (exact) mass is 324 g/mol. The summed E-state index contributed by atoms with van der Waals surface area (Å²) in [4.78, 5) is 14.3. The maximum atomic E-state index is 13.1. The van der Waals surface area contributed by atoms with Gasteiger partial charge in [-0.05, 0) is 29.0 Å². The van der Waals surface area contributed by atoms with Gasteiger partial charge >= 0.3 is 5.13 Å². The molecule has 0 unspecified atom stereocenters. The van der Waals surface area contributed by atoms with Crippen LogP contribution in [-0.4, -0.2) is 14.1 Å². The molecule has 1 heterocycles. The van der Waals surface area contributed by atoms with E-state index < -0.39 is 0 Å². The van der Waals surface area contributed by atoms with Crippen molar-refractivity contribution in [1.29, 1.82) is 0 Å². The molecule has 4 nitrogen and oxygen atoms in total. The Kier molecular flexibility index (Phi) is 4.12. The molecule has 0 N–H and O–H groups in total. The van der Waals surface area contributed by atoms with Crippen LogP contribution in [0.15, 0.2) is 65.5 Å². The third-order valence-corrected chi connectivity index (χ3v) is 4.58. The minimum atomic E-state index is -0.296. The van der Waals surface area contributed by atoms with Crippen molar-refractivity contribution in [2.24, 2.45) is 0 Å². The second kappa shape index (κ2) is 6.22. The molecule has 0 aliphatic rings. The van der Waals surface area contributed by atoms with E-state index in [1.54, 1.807) is 21.6 Å². The topological polar surface area (TPSA) is 47.3 Å². The van der Waals surface area contributed by atoms with Gasteiger partial charge in [-0.3, -0.25) is 9.69 Å². The van der Waals surface area contributed by atoms with Crippen molar-refractivity contribution >= 4 is 16.5 Å². The van der Waals surface area contributed by atoms with Gasteiger partial charge in [-0.15, -0.1) is 0 Å². The lowest BCUT2D eigenvalue weighted by atomic mass is 10.1. The number of hydrogen-bond donors (Lipinski definition) is 0. The van der Waals surface area contributed by atoms with Crippen LogP contribution >= 0.6 is 11.3 Å². The van der Waals surface area contributed by atoms with Gasteiger partial charge in [0.2, 0.25) is 4.74 Å². The molecule has 3 aromatic rings. The van der Waals surface area contributed by atoms with Gasteiger partial charge in [0, 0.05) is 0 Å². The number of aromatic nitrogens is 1. The number of anilines is 1. The molecule has 3 rings (SSSR count). The second-order valence-corrected chi connectivity index (χ2v) is 6.22. The summed E-state index contributed by atoms with van der Waals surface area (Å²) in [7, 11) is 3.65. The van der Waals surface area contributed by atoms with Crippen molar-refractivity contribution in [3.63, 3.8) is 0 Å².